The maximum atomic E-state index is 12.8. The lowest BCUT2D eigenvalue weighted by molar-refractivity contribution is 0.151. The van der Waals surface area contributed by atoms with Crippen molar-refractivity contribution >= 4 is 0 Å². The topological polar surface area (TPSA) is 107 Å². The fourth-order valence-electron chi connectivity index (χ4n) is 2.92. The smallest absolute Gasteiger partial charge is 0.263 e. The van der Waals surface area contributed by atoms with Gasteiger partial charge in [0, 0.05) is 17.3 Å². The monoisotopic (exact) mass is 422 g/mol. The van der Waals surface area contributed by atoms with E-state index in [0.29, 0.717) is 22.9 Å². The number of halogens is 2. The third kappa shape index (κ3) is 4.09. The zero-order chi connectivity index (χ0) is 22.0. The highest BCUT2D eigenvalue weighted by Crippen LogP contribution is 2.21. The molecule has 1 aromatic carbocycles. The summed E-state index contributed by atoms with van der Waals surface area (Å²) in [6.07, 6.45) is -2.53. The van der Waals surface area contributed by atoms with E-state index in [0.717, 1.165) is 5.69 Å². The van der Waals surface area contributed by atoms with Gasteiger partial charge >= 0.3 is 0 Å². The molecule has 31 heavy (non-hydrogen) atoms. The van der Waals surface area contributed by atoms with Gasteiger partial charge < -0.3 is 4.74 Å². The Labute approximate surface area is 175 Å². The van der Waals surface area contributed by atoms with Crippen LogP contribution in [0.1, 0.15) is 34.8 Å². The Bertz CT molecular complexity index is 1240. The second-order valence-corrected chi connectivity index (χ2v) is 6.64. The van der Waals surface area contributed by atoms with E-state index in [1.54, 1.807) is 37.3 Å². The average Bonchev–Trinajstić information content (AvgIpc) is 3.34. The summed E-state index contributed by atoms with van der Waals surface area (Å²) in [6, 6.07) is 12.7. The molecule has 11 heteroatoms. The largest absolute Gasteiger partial charge is 0.470 e. The molecule has 0 aliphatic heterocycles. The zero-order valence-electron chi connectivity index (χ0n) is 16.6. The predicted octanol–water partition coefficient (Wildman–Crippen LogP) is 3.25. The second-order valence-electron chi connectivity index (χ2n) is 6.64. The first-order chi connectivity index (χ1) is 15.0. The third-order valence-electron chi connectivity index (χ3n) is 4.55. The van der Waals surface area contributed by atoms with E-state index in [2.05, 4.69) is 25.6 Å². The second kappa shape index (κ2) is 8.27. The number of aromatic nitrogens is 7. The van der Waals surface area contributed by atoms with Crippen LogP contribution in [0, 0.1) is 25.2 Å². The van der Waals surface area contributed by atoms with Gasteiger partial charge in [0.15, 0.2) is 11.5 Å². The standard InChI is InChI=1S/C20H16F2N8O/c1-12-9-15(10-23)27-29(12)18-7-8-19(26-25-18)31-11-17-13(2)24-28-30(17)16-5-3-14(4-6-16)20(21)22/h3-9,20H,11H2,1-2H3. The molecule has 0 aliphatic rings. The highest BCUT2D eigenvalue weighted by Gasteiger charge is 2.14. The first-order valence-corrected chi connectivity index (χ1v) is 9.19. The number of hydrogen-bond acceptors (Lipinski definition) is 7. The predicted molar refractivity (Wildman–Crippen MR) is 104 cm³/mol. The van der Waals surface area contributed by atoms with Crippen molar-refractivity contribution in [2.75, 3.05) is 0 Å². The fourth-order valence-corrected chi connectivity index (χ4v) is 2.92. The van der Waals surface area contributed by atoms with Crippen LogP contribution in [0.5, 0.6) is 5.88 Å². The molecule has 4 aromatic rings. The van der Waals surface area contributed by atoms with Gasteiger partial charge in [0.05, 0.1) is 11.4 Å². The number of benzene rings is 1. The highest BCUT2D eigenvalue weighted by atomic mass is 19.3. The Kier molecular flexibility index (Phi) is 5.36. The molecule has 0 amide bonds. The van der Waals surface area contributed by atoms with Crippen molar-refractivity contribution in [1.29, 1.82) is 5.26 Å². The van der Waals surface area contributed by atoms with Crippen molar-refractivity contribution in [3.05, 3.63) is 70.8 Å². The molecule has 9 nitrogen and oxygen atoms in total. The lowest BCUT2D eigenvalue weighted by Gasteiger charge is -2.09. The van der Waals surface area contributed by atoms with Gasteiger partial charge in [-0.3, -0.25) is 0 Å². The summed E-state index contributed by atoms with van der Waals surface area (Å²) >= 11 is 0. The average molecular weight is 422 g/mol. The summed E-state index contributed by atoms with van der Waals surface area (Å²) < 4.78 is 34.3. The SMILES string of the molecule is Cc1nnn(-c2ccc(C(F)F)cc2)c1COc1ccc(-n2nc(C#N)cc2C)nn1. The molecule has 0 atom stereocenters. The molecule has 3 aromatic heterocycles. The number of nitriles is 1. The summed E-state index contributed by atoms with van der Waals surface area (Å²) in [4.78, 5) is 0. The third-order valence-corrected chi connectivity index (χ3v) is 4.55. The van der Waals surface area contributed by atoms with Gasteiger partial charge in [0.1, 0.15) is 18.4 Å². The quantitative estimate of drug-likeness (QED) is 0.469. The van der Waals surface area contributed by atoms with Gasteiger partial charge in [-0.2, -0.15) is 10.4 Å². The van der Waals surface area contributed by atoms with Crippen LogP contribution in [0.2, 0.25) is 0 Å². The maximum Gasteiger partial charge on any atom is 0.263 e. The van der Waals surface area contributed by atoms with Crippen molar-refractivity contribution in [2.45, 2.75) is 26.9 Å². The molecule has 0 spiro atoms. The molecule has 0 saturated heterocycles. The molecule has 0 saturated carbocycles. The van der Waals surface area contributed by atoms with E-state index in [1.165, 1.54) is 21.5 Å². The Balaban J connectivity index is 1.50. The van der Waals surface area contributed by atoms with Crippen LogP contribution in [0.15, 0.2) is 42.5 Å². The van der Waals surface area contributed by atoms with Crippen LogP contribution in [0.25, 0.3) is 11.5 Å². The van der Waals surface area contributed by atoms with E-state index in [4.69, 9.17) is 10.00 Å². The van der Waals surface area contributed by atoms with Crippen LogP contribution < -0.4 is 4.74 Å². The van der Waals surface area contributed by atoms with Gasteiger partial charge in [-0.15, -0.1) is 15.3 Å². The minimum absolute atomic E-state index is 0.0666. The van der Waals surface area contributed by atoms with Crippen LogP contribution in [-0.2, 0) is 6.61 Å². The fraction of sp³-hybridized carbons (Fsp3) is 0.200. The van der Waals surface area contributed by atoms with Crippen LogP contribution in [0.3, 0.4) is 0 Å². The van der Waals surface area contributed by atoms with E-state index < -0.39 is 6.43 Å². The molecular formula is C20H16F2N8O. The first-order valence-electron chi connectivity index (χ1n) is 9.19. The zero-order valence-corrected chi connectivity index (χ0v) is 16.6. The molecule has 156 valence electrons. The van der Waals surface area contributed by atoms with Crippen molar-refractivity contribution in [3.8, 4) is 23.5 Å². The summed E-state index contributed by atoms with van der Waals surface area (Å²) in [5.41, 5.74) is 2.85. The van der Waals surface area contributed by atoms with E-state index in [1.807, 2.05) is 13.0 Å². The van der Waals surface area contributed by atoms with Crippen molar-refractivity contribution in [1.82, 2.24) is 35.0 Å². The van der Waals surface area contributed by atoms with Crippen LogP contribution >= 0.6 is 0 Å². The minimum Gasteiger partial charge on any atom is -0.470 e. The summed E-state index contributed by atoms with van der Waals surface area (Å²) in [7, 11) is 0. The lowest BCUT2D eigenvalue weighted by Crippen LogP contribution is -2.09. The maximum absolute atomic E-state index is 12.8. The summed E-state index contributed by atoms with van der Waals surface area (Å²) in [5.74, 6) is 0.725. The van der Waals surface area contributed by atoms with Gasteiger partial charge in [-0.25, -0.2) is 18.1 Å². The molecule has 0 unspecified atom stereocenters. The Morgan fingerprint density at radius 1 is 1.03 bits per heavy atom. The Morgan fingerprint density at radius 2 is 1.81 bits per heavy atom. The van der Waals surface area contributed by atoms with Gasteiger partial charge in [0.2, 0.25) is 5.88 Å². The Morgan fingerprint density at radius 3 is 2.42 bits per heavy atom. The molecule has 0 radical (unpaired) electrons. The summed E-state index contributed by atoms with van der Waals surface area (Å²) in [5, 5.41) is 29.4. The van der Waals surface area contributed by atoms with Crippen molar-refractivity contribution in [3.63, 3.8) is 0 Å². The number of rotatable bonds is 6. The normalized spacial score (nSPS) is 11.0. The van der Waals surface area contributed by atoms with Crippen molar-refractivity contribution in [2.24, 2.45) is 0 Å². The van der Waals surface area contributed by atoms with Gasteiger partial charge in [0.25, 0.3) is 6.43 Å². The van der Waals surface area contributed by atoms with Crippen LogP contribution in [-0.4, -0.2) is 35.0 Å². The highest BCUT2D eigenvalue weighted by molar-refractivity contribution is 5.36. The summed E-state index contributed by atoms with van der Waals surface area (Å²) in [6.45, 7) is 3.69. The van der Waals surface area contributed by atoms with E-state index in [9.17, 15) is 8.78 Å². The molecule has 0 N–H and O–H groups in total. The molecule has 3 heterocycles. The minimum atomic E-state index is -2.53. The number of hydrogen-bond donors (Lipinski definition) is 0. The molecule has 4 rings (SSSR count). The molecule has 0 aliphatic carbocycles. The number of alkyl halides is 2. The molecular weight excluding hydrogens is 406 g/mol. The number of aryl methyl sites for hydroxylation is 2. The van der Waals surface area contributed by atoms with Gasteiger partial charge in [-0.1, -0.05) is 17.3 Å². The number of ether oxygens (including phenoxy) is 1. The van der Waals surface area contributed by atoms with E-state index in [-0.39, 0.29) is 23.7 Å². The van der Waals surface area contributed by atoms with E-state index >= 15 is 0 Å². The van der Waals surface area contributed by atoms with Gasteiger partial charge in [-0.05, 0) is 38.1 Å². The first kappa shape index (κ1) is 20.1. The molecule has 0 bridgehead atoms. The molecule has 0 fully saturated rings. The van der Waals surface area contributed by atoms with Crippen molar-refractivity contribution < 1.29 is 13.5 Å². The Hall–Kier alpha value is -4.20. The van der Waals surface area contributed by atoms with Crippen LogP contribution in [0.4, 0.5) is 8.78 Å². The number of nitrogens with zero attached hydrogens (tertiary/aromatic N) is 8. The lowest BCUT2D eigenvalue weighted by atomic mass is 10.2.